The van der Waals surface area contributed by atoms with Crippen LogP contribution in [0.5, 0.6) is 0 Å². The summed E-state index contributed by atoms with van der Waals surface area (Å²) in [6.45, 7) is 0. The van der Waals surface area contributed by atoms with Crippen molar-refractivity contribution < 1.29 is 0 Å². The Morgan fingerprint density at radius 1 is 0.781 bits per heavy atom. The van der Waals surface area contributed by atoms with E-state index >= 15 is 0 Å². The van der Waals surface area contributed by atoms with Gasteiger partial charge in [-0.05, 0) is 62.5 Å². The van der Waals surface area contributed by atoms with Crippen molar-refractivity contribution in [2.45, 2.75) is 63.1 Å². The van der Waals surface area contributed by atoms with Crippen molar-refractivity contribution in [2.75, 3.05) is 0 Å². The van der Waals surface area contributed by atoms with E-state index in [4.69, 9.17) is 34.8 Å². The number of hydrogen-bond acceptors (Lipinski definition) is 6. The van der Waals surface area contributed by atoms with Crippen LogP contribution in [0.4, 0.5) is 0 Å². The first-order valence-electron chi connectivity index (χ1n) is 10.7. The summed E-state index contributed by atoms with van der Waals surface area (Å²) >= 11 is 21.1. The summed E-state index contributed by atoms with van der Waals surface area (Å²) in [5.74, 6) is 1.77. The van der Waals surface area contributed by atoms with Crippen molar-refractivity contribution in [1.82, 2.24) is 19.9 Å². The molecule has 5 nitrogen and oxygen atoms in total. The molecule has 0 saturated carbocycles. The summed E-state index contributed by atoms with van der Waals surface area (Å²) in [7, 11) is 0. The maximum absolute atomic E-state index is 11.9. The fraction of sp³-hybridized carbons (Fsp3) is 0.455. The number of fused-ring (bicyclic) bond motifs is 6. The minimum absolute atomic E-state index is 0.0277. The highest BCUT2D eigenvalue weighted by atomic mass is 35.5. The highest BCUT2D eigenvalue weighted by molar-refractivity contribution is 7.19. The van der Waals surface area contributed by atoms with Crippen LogP contribution in [0.1, 0.15) is 58.2 Å². The first kappa shape index (κ1) is 22.5. The average Bonchev–Trinajstić information content (AvgIpc) is 3.37. The monoisotopic (exact) mass is 526 g/mol. The van der Waals surface area contributed by atoms with Crippen molar-refractivity contribution in [3.63, 3.8) is 0 Å². The van der Waals surface area contributed by atoms with Gasteiger partial charge in [0.05, 0.1) is 22.5 Å². The Bertz CT molecular complexity index is 1360. The molecule has 0 aromatic carbocycles. The summed E-state index contributed by atoms with van der Waals surface area (Å²) in [5, 5.41) is 2.43. The average molecular weight is 528 g/mol. The zero-order chi connectivity index (χ0) is 22.2. The predicted molar refractivity (Wildman–Crippen MR) is 135 cm³/mol. The predicted octanol–water partition coefficient (Wildman–Crippen LogP) is 6.56. The third-order valence-electron chi connectivity index (χ3n) is 5.94. The number of H-pyrrole nitrogens is 1. The highest BCUT2D eigenvalue weighted by Crippen LogP contribution is 2.38. The largest absolute Gasteiger partial charge is 0.309 e. The Hall–Kier alpha value is -1.25. The number of halogens is 3. The lowest BCUT2D eigenvalue weighted by atomic mass is 9.97. The van der Waals surface area contributed by atoms with Gasteiger partial charge in [-0.15, -0.1) is 45.9 Å². The van der Waals surface area contributed by atoms with Crippen LogP contribution in [0.2, 0.25) is 5.15 Å². The third kappa shape index (κ3) is 4.18. The van der Waals surface area contributed by atoms with Crippen LogP contribution in [0.3, 0.4) is 0 Å². The molecule has 0 amide bonds. The molecule has 168 valence electrons. The lowest BCUT2D eigenvalue weighted by molar-refractivity contribution is 0.700. The third-order valence-corrected chi connectivity index (χ3v) is 9.07. The van der Waals surface area contributed by atoms with Crippen LogP contribution in [0.15, 0.2) is 4.79 Å². The number of nitrogens with one attached hydrogen (secondary N) is 1. The van der Waals surface area contributed by atoms with Gasteiger partial charge in [0.1, 0.15) is 26.5 Å². The van der Waals surface area contributed by atoms with Gasteiger partial charge in [0.15, 0.2) is 0 Å². The van der Waals surface area contributed by atoms with Crippen LogP contribution < -0.4 is 5.56 Å². The van der Waals surface area contributed by atoms with E-state index in [1.54, 1.807) is 22.7 Å². The number of thiophene rings is 2. The van der Waals surface area contributed by atoms with E-state index in [0.29, 0.717) is 22.7 Å². The molecule has 4 heterocycles. The van der Waals surface area contributed by atoms with Gasteiger partial charge >= 0.3 is 0 Å². The summed E-state index contributed by atoms with van der Waals surface area (Å²) < 4.78 is 0. The first-order chi connectivity index (χ1) is 15.6. The first-order valence-corrected chi connectivity index (χ1v) is 13.8. The maximum atomic E-state index is 11.9. The number of hydrogen-bond donors (Lipinski definition) is 1. The molecule has 0 radical (unpaired) electrons. The van der Waals surface area contributed by atoms with Gasteiger partial charge in [-0.25, -0.2) is 15.0 Å². The molecule has 1 N–H and O–H groups in total. The SMILES string of the molecule is ClCc1nc(Cl)c2c3c(sc2n1)CCCC3.O=c1[nH]c(CCl)nc2sc3c(c12)CCCC3. The number of nitrogens with zero attached hydrogens (tertiary/aromatic N) is 3. The molecule has 4 aromatic rings. The smallest absolute Gasteiger partial charge is 0.259 e. The number of aryl methyl sites for hydroxylation is 4. The molecule has 0 atom stereocenters. The number of rotatable bonds is 2. The zero-order valence-electron chi connectivity index (χ0n) is 17.3. The Balaban J connectivity index is 0.000000135. The van der Waals surface area contributed by atoms with Crippen molar-refractivity contribution >= 4 is 77.9 Å². The van der Waals surface area contributed by atoms with E-state index in [0.717, 1.165) is 46.1 Å². The van der Waals surface area contributed by atoms with Crippen LogP contribution in [-0.4, -0.2) is 19.9 Å². The maximum Gasteiger partial charge on any atom is 0.259 e. The fourth-order valence-corrected chi connectivity index (χ4v) is 7.65. The van der Waals surface area contributed by atoms with Crippen LogP contribution in [-0.2, 0) is 37.4 Å². The molecule has 4 aromatic heterocycles. The van der Waals surface area contributed by atoms with Crippen LogP contribution in [0.25, 0.3) is 20.4 Å². The Morgan fingerprint density at radius 2 is 1.38 bits per heavy atom. The Labute approximate surface area is 208 Å². The van der Waals surface area contributed by atoms with Gasteiger partial charge in [0.25, 0.3) is 5.56 Å². The summed E-state index contributed by atoms with van der Waals surface area (Å²) in [5.41, 5.74) is 2.57. The molecule has 0 bridgehead atoms. The van der Waals surface area contributed by atoms with Crippen molar-refractivity contribution in [3.8, 4) is 0 Å². The van der Waals surface area contributed by atoms with Crippen LogP contribution >= 0.6 is 57.5 Å². The second-order valence-corrected chi connectivity index (χ2v) is 11.1. The molecule has 0 fully saturated rings. The van der Waals surface area contributed by atoms with Gasteiger partial charge in [-0.1, -0.05) is 11.6 Å². The van der Waals surface area contributed by atoms with Gasteiger partial charge < -0.3 is 4.98 Å². The molecule has 0 saturated heterocycles. The van der Waals surface area contributed by atoms with E-state index < -0.39 is 0 Å². The second-order valence-electron chi connectivity index (χ2n) is 7.99. The summed E-state index contributed by atoms with van der Waals surface area (Å²) in [4.78, 5) is 32.4. The quantitative estimate of drug-likeness (QED) is 0.236. The lowest BCUT2D eigenvalue weighted by Gasteiger charge is -2.10. The Kier molecular flexibility index (Phi) is 6.72. The molecule has 2 aliphatic carbocycles. The molecular formula is C22H21Cl3N4OS2. The van der Waals surface area contributed by atoms with E-state index in [-0.39, 0.29) is 11.4 Å². The lowest BCUT2D eigenvalue weighted by Crippen LogP contribution is -2.12. The molecule has 0 unspecified atom stereocenters. The molecule has 2 aliphatic rings. The second kappa shape index (κ2) is 9.55. The van der Waals surface area contributed by atoms with Gasteiger partial charge in [-0.2, -0.15) is 0 Å². The molecule has 0 aliphatic heterocycles. The number of alkyl halides is 2. The molecule has 10 heteroatoms. The van der Waals surface area contributed by atoms with E-state index in [1.165, 1.54) is 46.6 Å². The van der Waals surface area contributed by atoms with Crippen molar-refractivity contribution in [2.24, 2.45) is 0 Å². The van der Waals surface area contributed by atoms with E-state index in [9.17, 15) is 4.79 Å². The van der Waals surface area contributed by atoms with E-state index in [1.807, 2.05) is 0 Å². The van der Waals surface area contributed by atoms with Gasteiger partial charge in [0, 0.05) is 9.75 Å². The summed E-state index contributed by atoms with van der Waals surface area (Å²) in [6.07, 6.45) is 9.28. The standard InChI is InChI=1S/C11H10Cl2N2S.C11H11ClN2OS/c12-5-8-14-10(13)9-6-3-1-2-4-7(6)16-11(9)15-8;12-5-8-13-10(15)9-6-3-1-2-4-7(6)16-11(9)14-8/h1-5H2;1-5H2,(H,13,14,15). The topological polar surface area (TPSA) is 71.5 Å². The highest BCUT2D eigenvalue weighted by Gasteiger charge is 2.21. The van der Waals surface area contributed by atoms with Gasteiger partial charge in [0.2, 0.25) is 0 Å². The zero-order valence-corrected chi connectivity index (χ0v) is 21.2. The summed E-state index contributed by atoms with van der Waals surface area (Å²) in [6, 6.07) is 0. The normalized spacial score (nSPS) is 15.3. The number of aromatic nitrogens is 4. The van der Waals surface area contributed by atoms with Gasteiger partial charge in [-0.3, -0.25) is 4.79 Å². The van der Waals surface area contributed by atoms with Crippen molar-refractivity contribution in [1.29, 1.82) is 0 Å². The minimum atomic E-state index is -0.0277. The minimum Gasteiger partial charge on any atom is -0.309 e. The van der Waals surface area contributed by atoms with E-state index in [2.05, 4.69) is 19.9 Å². The molecule has 0 spiro atoms. The molecule has 32 heavy (non-hydrogen) atoms. The number of aromatic amines is 1. The van der Waals surface area contributed by atoms with Crippen LogP contribution in [0, 0.1) is 0 Å². The fourth-order valence-electron chi connectivity index (χ4n) is 4.49. The Morgan fingerprint density at radius 3 is 2.00 bits per heavy atom. The van der Waals surface area contributed by atoms with Crippen molar-refractivity contribution in [3.05, 3.63) is 48.0 Å². The molecule has 6 rings (SSSR count). The molecular weight excluding hydrogens is 507 g/mol.